The van der Waals surface area contributed by atoms with E-state index in [0.29, 0.717) is 24.2 Å². The molecule has 20 heavy (non-hydrogen) atoms. The summed E-state index contributed by atoms with van der Waals surface area (Å²) < 4.78 is 6.61. The van der Waals surface area contributed by atoms with Crippen LogP contribution in [0, 0.1) is 6.92 Å². The van der Waals surface area contributed by atoms with Crippen LogP contribution in [0.4, 0.5) is 5.95 Å². The van der Waals surface area contributed by atoms with Crippen molar-refractivity contribution in [2.75, 3.05) is 11.9 Å². The molecule has 0 bridgehead atoms. The van der Waals surface area contributed by atoms with Gasteiger partial charge >= 0.3 is 0 Å². The van der Waals surface area contributed by atoms with Gasteiger partial charge in [-0.2, -0.15) is 9.67 Å². The number of tetrazole rings is 1. The van der Waals surface area contributed by atoms with E-state index in [4.69, 9.17) is 4.52 Å². The fraction of sp³-hybridized carbons (Fsp3) is 0.250. The second-order valence-corrected chi connectivity index (χ2v) is 4.31. The lowest BCUT2D eigenvalue weighted by molar-refractivity contribution is 0.387. The number of rotatable bonds is 4. The first-order valence-electron chi connectivity index (χ1n) is 6.08. The first-order valence-corrected chi connectivity index (χ1v) is 6.08. The molecular weight excluding hydrogens is 258 g/mol. The number of nitrogens with zero attached hydrogens (tertiary/aromatic N) is 7. The van der Waals surface area contributed by atoms with Gasteiger partial charge in [0, 0.05) is 14.0 Å². The van der Waals surface area contributed by atoms with Gasteiger partial charge in [-0.15, -0.1) is 0 Å². The Morgan fingerprint density at radius 1 is 1.25 bits per heavy atom. The van der Waals surface area contributed by atoms with Crippen molar-refractivity contribution in [3.8, 4) is 5.69 Å². The molecule has 0 atom stereocenters. The SMILES string of the molecule is Cc1nc(CN(C)c2nnnn2-c2ccccc2)no1. The molecule has 0 unspecified atom stereocenters. The number of benzene rings is 1. The Labute approximate surface area is 115 Å². The maximum atomic E-state index is 4.95. The summed E-state index contributed by atoms with van der Waals surface area (Å²) >= 11 is 0. The first kappa shape index (κ1) is 12.3. The van der Waals surface area contributed by atoms with Crippen molar-refractivity contribution in [2.24, 2.45) is 0 Å². The summed E-state index contributed by atoms with van der Waals surface area (Å²) in [5, 5.41) is 15.6. The third-order valence-electron chi connectivity index (χ3n) is 2.74. The largest absolute Gasteiger partial charge is 0.340 e. The molecule has 0 amide bonds. The van der Waals surface area contributed by atoms with Crippen LogP contribution in [0.3, 0.4) is 0 Å². The predicted molar refractivity (Wildman–Crippen MR) is 70.3 cm³/mol. The Balaban J connectivity index is 1.86. The molecular formula is C12H13N7O. The van der Waals surface area contributed by atoms with Crippen LogP contribution in [0.1, 0.15) is 11.7 Å². The van der Waals surface area contributed by atoms with Crippen LogP contribution in [0.5, 0.6) is 0 Å². The van der Waals surface area contributed by atoms with Crippen molar-refractivity contribution >= 4 is 5.95 Å². The maximum Gasteiger partial charge on any atom is 0.250 e. The van der Waals surface area contributed by atoms with Gasteiger partial charge < -0.3 is 9.42 Å². The molecule has 0 aliphatic rings. The van der Waals surface area contributed by atoms with E-state index in [2.05, 4.69) is 25.7 Å². The molecule has 0 fully saturated rings. The van der Waals surface area contributed by atoms with Gasteiger partial charge in [-0.1, -0.05) is 28.5 Å². The number of hydrogen-bond donors (Lipinski definition) is 0. The molecule has 3 aromatic rings. The second-order valence-electron chi connectivity index (χ2n) is 4.31. The molecule has 0 saturated carbocycles. The Kier molecular flexibility index (Phi) is 3.12. The quantitative estimate of drug-likeness (QED) is 0.699. The fourth-order valence-electron chi connectivity index (χ4n) is 1.85. The van der Waals surface area contributed by atoms with E-state index < -0.39 is 0 Å². The average Bonchev–Trinajstić information content (AvgIpc) is 3.09. The molecule has 2 heterocycles. The van der Waals surface area contributed by atoms with Crippen LogP contribution in [-0.4, -0.2) is 37.4 Å². The third-order valence-corrected chi connectivity index (χ3v) is 2.74. The molecule has 8 nitrogen and oxygen atoms in total. The normalized spacial score (nSPS) is 10.7. The zero-order chi connectivity index (χ0) is 13.9. The lowest BCUT2D eigenvalue weighted by Gasteiger charge is -2.15. The van der Waals surface area contributed by atoms with Crippen molar-refractivity contribution in [3.05, 3.63) is 42.0 Å². The van der Waals surface area contributed by atoms with E-state index in [9.17, 15) is 0 Å². The number of para-hydroxylation sites is 1. The van der Waals surface area contributed by atoms with Gasteiger partial charge in [-0.05, 0) is 22.6 Å². The minimum atomic E-state index is 0.463. The minimum absolute atomic E-state index is 0.463. The van der Waals surface area contributed by atoms with Gasteiger partial charge in [0.25, 0.3) is 5.95 Å². The number of aromatic nitrogens is 6. The molecule has 0 saturated heterocycles. The standard InChI is InChI=1S/C12H13N7O/c1-9-13-11(15-20-9)8-18(2)12-14-16-17-19(12)10-6-4-3-5-7-10/h3-7H,8H2,1-2H3. The third kappa shape index (κ3) is 2.35. The Morgan fingerprint density at radius 2 is 2.05 bits per heavy atom. The van der Waals surface area contributed by atoms with Crippen molar-refractivity contribution < 1.29 is 4.52 Å². The smallest absolute Gasteiger partial charge is 0.250 e. The average molecular weight is 271 g/mol. The molecule has 0 aliphatic heterocycles. The number of anilines is 1. The summed E-state index contributed by atoms with van der Waals surface area (Å²) in [6, 6.07) is 9.68. The molecule has 1 aromatic carbocycles. The van der Waals surface area contributed by atoms with Crippen molar-refractivity contribution in [2.45, 2.75) is 13.5 Å². The molecule has 3 rings (SSSR count). The van der Waals surface area contributed by atoms with Gasteiger partial charge in [-0.3, -0.25) is 0 Å². The zero-order valence-electron chi connectivity index (χ0n) is 11.1. The van der Waals surface area contributed by atoms with Gasteiger partial charge in [0.05, 0.1) is 12.2 Å². The summed E-state index contributed by atoms with van der Waals surface area (Å²) in [5.74, 6) is 1.74. The van der Waals surface area contributed by atoms with Gasteiger partial charge in [0.1, 0.15) is 0 Å². The molecule has 2 aromatic heterocycles. The molecule has 0 radical (unpaired) electrons. The van der Waals surface area contributed by atoms with Crippen LogP contribution >= 0.6 is 0 Å². The van der Waals surface area contributed by atoms with E-state index >= 15 is 0 Å². The van der Waals surface area contributed by atoms with Crippen LogP contribution in [-0.2, 0) is 6.54 Å². The van der Waals surface area contributed by atoms with Gasteiger partial charge in [-0.25, -0.2) is 0 Å². The van der Waals surface area contributed by atoms with Crippen LogP contribution < -0.4 is 4.90 Å². The highest BCUT2D eigenvalue weighted by atomic mass is 16.5. The lowest BCUT2D eigenvalue weighted by Crippen LogP contribution is -2.21. The topological polar surface area (TPSA) is 85.8 Å². The van der Waals surface area contributed by atoms with E-state index in [1.807, 2.05) is 42.3 Å². The number of hydrogen-bond acceptors (Lipinski definition) is 7. The first-order chi connectivity index (χ1) is 9.74. The van der Waals surface area contributed by atoms with Crippen molar-refractivity contribution in [1.82, 2.24) is 30.3 Å². The van der Waals surface area contributed by atoms with Gasteiger partial charge in [0.15, 0.2) is 5.82 Å². The number of aryl methyl sites for hydroxylation is 1. The summed E-state index contributed by atoms with van der Waals surface area (Å²) in [6.07, 6.45) is 0. The second kappa shape index (κ2) is 5.08. The highest BCUT2D eigenvalue weighted by Crippen LogP contribution is 2.15. The van der Waals surface area contributed by atoms with E-state index in [-0.39, 0.29) is 0 Å². The summed E-state index contributed by atoms with van der Waals surface area (Å²) in [7, 11) is 1.87. The van der Waals surface area contributed by atoms with E-state index in [1.165, 1.54) is 0 Å². The van der Waals surface area contributed by atoms with Crippen LogP contribution in [0.2, 0.25) is 0 Å². The Bertz CT molecular complexity index is 691. The summed E-state index contributed by atoms with van der Waals surface area (Å²) in [4.78, 5) is 6.02. The maximum absolute atomic E-state index is 4.95. The van der Waals surface area contributed by atoms with Crippen molar-refractivity contribution in [3.63, 3.8) is 0 Å². The molecule has 0 N–H and O–H groups in total. The monoisotopic (exact) mass is 271 g/mol. The molecule has 102 valence electrons. The van der Waals surface area contributed by atoms with Crippen molar-refractivity contribution in [1.29, 1.82) is 0 Å². The van der Waals surface area contributed by atoms with Crippen LogP contribution in [0.15, 0.2) is 34.9 Å². The fourth-order valence-corrected chi connectivity index (χ4v) is 1.85. The summed E-state index contributed by atoms with van der Waals surface area (Å²) in [6.45, 7) is 2.22. The Morgan fingerprint density at radius 3 is 2.75 bits per heavy atom. The minimum Gasteiger partial charge on any atom is -0.340 e. The zero-order valence-corrected chi connectivity index (χ0v) is 11.1. The van der Waals surface area contributed by atoms with Gasteiger partial charge in [0.2, 0.25) is 5.89 Å². The highest BCUT2D eigenvalue weighted by Gasteiger charge is 2.15. The molecule has 8 heteroatoms. The molecule has 0 aliphatic carbocycles. The van der Waals surface area contributed by atoms with E-state index in [1.54, 1.807) is 11.6 Å². The van der Waals surface area contributed by atoms with E-state index in [0.717, 1.165) is 5.69 Å². The van der Waals surface area contributed by atoms with Crippen LogP contribution in [0.25, 0.3) is 5.69 Å². The summed E-state index contributed by atoms with van der Waals surface area (Å²) in [5.41, 5.74) is 0.892. The predicted octanol–water partition coefficient (Wildman–Crippen LogP) is 0.990. The lowest BCUT2D eigenvalue weighted by atomic mass is 10.3. The highest BCUT2D eigenvalue weighted by molar-refractivity contribution is 5.39. The molecule has 0 spiro atoms. The Hall–Kier alpha value is -2.77.